The Morgan fingerprint density at radius 3 is 2.72 bits per heavy atom. The van der Waals surface area contributed by atoms with Gasteiger partial charge in [0.2, 0.25) is 0 Å². The Hall–Kier alpha value is -1.51. The van der Waals surface area contributed by atoms with Crippen LogP contribution in [0.3, 0.4) is 0 Å². The van der Waals surface area contributed by atoms with Crippen molar-refractivity contribution in [3.05, 3.63) is 64.2 Å². The van der Waals surface area contributed by atoms with E-state index in [1.807, 2.05) is 24.3 Å². The molecule has 1 aliphatic rings. The number of halogens is 1. The van der Waals surface area contributed by atoms with Crippen molar-refractivity contribution in [3.8, 4) is 5.75 Å². The van der Waals surface area contributed by atoms with Gasteiger partial charge in [0.05, 0.1) is 5.02 Å². The molecule has 1 heterocycles. The van der Waals surface area contributed by atoms with E-state index >= 15 is 0 Å². The predicted octanol–water partition coefficient (Wildman–Crippen LogP) is 3.28. The fraction of sp³-hybridized carbons (Fsp3) is 0.200. The number of fused-ring (bicyclic) bond motifs is 1. The van der Waals surface area contributed by atoms with E-state index in [4.69, 9.17) is 11.6 Å². The minimum absolute atomic E-state index is 0.165. The molecule has 0 amide bonds. The van der Waals surface area contributed by atoms with Crippen LogP contribution in [-0.2, 0) is 6.54 Å². The number of nitrogens with one attached hydrogen (secondary N) is 1. The van der Waals surface area contributed by atoms with Crippen LogP contribution in [-0.4, -0.2) is 11.7 Å². The van der Waals surface area contributed by atoms with Crippen LogP contribution < -0.4 is 5.32 Å². The fourth-order valence-electron chi connectivity index (χ4n) is 2.54. The van der Waals surface area contributed by atoms with Crippen LogP contribution in [0, 0.1) is 0 Å². The Balaban J connectivity index is 2.09. The first-order valence-corrected chi connectivity index (χ1v) is 6.40. The summed E-state index contributed by atoms with van der Waals surface area (Å²) in [5, 5.41) is 13.6. The van der Waals surface area contributed by atoms with E-state index in [9.17, 15) is 5.11 Å². The molecule has 2 nitrogen and oxygen atoms in total. The average Bonchev–Trinajstić information content (AvgIpc) is 2.40. The third-order valence-corrected chi connectivity index (χ3v) is 3.75. The van der Waals surface area contributed by atoms with Crippen molar-refractivity contribution in [1.29, 1.82) is 0 Å². The van der Waals surface area contributed by atoms with E-state index < -0.39 is 0 Å². The molecule has 92 valence electrons. The third kappa shape index (κ3) is 1.98. The number of phenols is 1. The van der Waals surface area contributed by atoms with Gasteiger partial charge in [0, 0.05) is 19.0 Å². The lowest BCUT2D eigenvalue weighted by molar-refractivity contribution is 0.472. The van der Waals surface area contributed by atoms with Crippen LogP contribution in [0.2, 0.25) is 5.02 Å². The van der Waals surface area contributed by atoms with Crippen LogP contribution in [0.25, 0.3) is 0 Å². The van der Waals surface area contributed by atoms with Crippen LogP contribution in [0.4, 0.5) is 0 Å². The van der Waals surface area contributed by atoms with Gasteiger partial charge in [-0.2, -0.15) is 0 Å². The predicted molar refractivity (Wildman–Crippen MR) is 73.1 cm³/mol. The molecule has 0 saturated carbocycles. The molecule has 18 heavy (non-hydrogen) atoms. The number of benzene rings is 2. The highest BCUT2D eigenvalue weighted by Gasteiger charge is 2.22. The molecule has 3 rings (SSSR count). The summed E-state index contributed by atoms with van der Waals surface area (Å²) in [4.78, 5) is 0. The summed E-state index contributed by atoms with van der Waals surface area (Å²) in [5.41, 5.74) is 3.59. The van der Waals surface area contributed by atoms with Gasteiger partial charge in [-0.15, -0.1) is 0 Å². The molecular formula is C15H14ClNO. The van der Waals surface area contributed by atoms with Gasteiger partial charge >= 0.3 is 0 Å². The lowest BCUT2D eigenvalue weighted by atomic mass is 9.85. The molecule has 0 fully saturated rings. The van der Waals surface area contributed by atoms with Crippen LogP contribution in [0.1, 0.15) is 22.6 Å². The summed E-state index contributed by atoms with van der Waals surface area (Å²) in [6.07, 6.45) is 0. The summed E-state index contributed by atoms with van der Waals surface area (Å²) in [6.45, 7) is 1.69. The molecule has 3 heteroatoms. The van der Waals surface area contributed by atoms with Crippen molar-refractivity contribution >= 4 is 11.6 Å². The molecule has 0 aliphatic carbocycles. The van der Waals surface area contributed by atoms with Crippen LogP contribution in [0.15, 0.2) is 42.5 Å². The fourth-order valence-corrected chi connectivity index (χ4v) is 2.73. The van der Waals surface area contributed by atoms with E-state index in [1.165, 1.54) is 11.1 Å². The summed E-state index contributed by atoms with van der Waals surface area (Å²) in [6, 6.07) is 14.0. The van der Waals surface area contributed by atoms with Gasteiger partial charge in [0.1, 0.15) is 5.75 Å². The summed E-state index contributed by atoms with van der Waals surface area (Å²) >= 11 is 5.96. The maximum absolute atomic E-state index is 9.79. The normalized spacial score (nSPS) is 18.4. The Kier molecular flexibility index (Phi) is 2.98. The van der Waals surface area contributed by atoms with Gasteiger partial charge in [0.25, 0.3) is 0 Å². The second kappa shape index (κ2) is 4.63. The van der Waals surface area contributed by atoms with Crippen molar-refractivity contribution in [2.24, 2.45) is 0 Å². The van der Waals surface area contributed by atoms with E-state index in [2.05, 4.69) is 17.4 Å². The SMILES string of the molecule is Oc1cc2c(cc1Cl)CNC[C@@H]2c1ccccc1. The highest BCUT2D eigenvalue weighted by Crippen LogP contribution is 2.35. The summed E-state index contributed by atoms with van der Waals surface area (Å²) in [5.74, 6) is 0.441. The zero-order valence-electron chi connectivity index (χ0n) is 9.86. The highest BCUT2D eigenvalue weighted by atomic mass is 35.5. The first kappa shape index (κ1) is 11.6. The molecule has 2 N–H and O–H groups in total. The zero-order chi connectivity index (χ0) is 12.5. The smallest absolute Gasteiger partial charge is 0.134 e. The number of rotatable bonds is 1. The van der Waals surface area contributed by atoms with Crippen molar-refractivity contribution in [2.45, 2.75) is 12.5 Å². The molecule has 2 aromatic rings. The van der Waals surface area contributed by atoms with E-state index in [0.29, 0.717) is 5.02 Å². The maximum atomic E-state index is 9.79. The minimum atomic E-state index is 0.165. The van der Waals surface area contributed by atoms with Crippen molar-refractivity contribution in [3.63, 3.8) is 0 Å². The van der Waals surface area contributed by atoms with E-state index in [-0.39, 0.29) is 11.7 Å². The largest absolute Gasteiger partial charge is 0.506 e. The molecule has 0 radical (unpaired) electrons. The Bertz CT molecular complexity index is 568. The van der Waals surface area contributed by atoms with Crippen molar-refractivity contribution < 1.29 is 5.11 Å². The van der Waals surface area contributed by atoms with Crippen molar-refractivity contribution in [1.82, 2.24) is 5.32 Å². The molecule has 0 unspecified atom stereocenters. The third-order valence-electron chi connectivity index (χ3n) is 3.45. The highest BCUT2D eigenvalue weighted by molar-refractivity contribution is 6.32. The lowest BCUT2D eigenvalue weighted by Gasteiger charge is -2.27. The topological polar surface area (TPSA) is 32.3 Å². The molecular weight excluding hydrogens is 246 g/mol. The number of hydrogen-bond donors (Lipinski definition) is 2. The monoisotopic (exact) mass is 259 g/mol. The first-order valence-electron chi connectivity index (χ1n) is 6.02. The summed E-state index contributed by atoms with van der Waals surface area (Å²) in [7, 11) is 0. The maximum Gasteiger partial charge on any atom is 0.134 e. The Morgan fingerprint density at radius 1 is 1.17 bits per heavy atom. The number of aromatic hydroxyl groups is 1. The zero-order valence-corrected chi connectivity index (χ0v) is 10.6. The van der Waals surface area contributed by atoms with Gasteiger partial charge in [0.15, 0.2) is 0 Å². The van der Waals surface area contributed by atoms with Gasteiger partial charge in [-0.25, -0.2) is 0 Å². The molecule has 1 aliphatic heterocycles. The molecule has 0 aromatic heterocycles. The molecule has 2 aromatic carbocycles. The number of phenolic OH excluding ortho intramolecular Hbond substituents is 1. The lowest BCUT2D eigenvalue weighted by Crippen LogP contribution is -2.28. The van der Waals surface area contributed by atoms with Gasteiger partial charge < -0.3 is 10.4 Å². The van der Waals surface area contributed by atoms with Gasteiger partial charge in [-0.1, -0.05) is 41.9 Å². The average molecular weight is 260 g/mol. The second-order valence-electron chi connectivity index (χ2n) is 4.60. The quantitative estimate of drug-likeness (QED) is 0.824. The molecule has 0 bridgehead atoms. The summed E-state index contributed by atoms with van der Waals surface area (Å²) < 4.78 is 0. The standard InChI is InChI=1S/C15H14ClNO/c16-14-6-11-8-17-9-13(12(11)7-15(14)18)10-4-2-1-3-5-10/h1-7,13,17-18H,8-9H2/t13-/m1/s1. The molecule has 0 spiro atoms. The Morgan fingerprint density at radius 2 is 1.94 bits per heavy atom. The van der Waals surface area contributed by atoms with E-state index in [1.54, 1.807) is 6.07 Å². The second-order valence-corrected chi connectivity index (χ2v) is 5.00. The minimum Gasteiger partial charge on any atom is -0.506 e. The van der Waals surface area contributed by atoms with Gasteiger partial charge in [-0.3, -0.25) is 0 Å². The first-order chi connectivity index (χ1) is 8.75. The van der Waals surface area contributed by atoms with Crippen LogP contribution in [0.5, 0.6) is 5.75 Å². The van der Waals surface area contributed by atoms with Crippen molar-refractivity contribution in [2.75, 3.05) is 6.54 Å². The van der Waals surface area contributed by atoms with Gasteiger partial charge in [-0.05, 0) is 28.8 Å². The molecule has 1 atom stereocenters. The van der Waals surface area contributed by atoms with E-state index in [0.717, 1.165) is 18.7 Å². The molecule has 0 saturated heterocycles. The van der Waals surface area contributed by atoms with Crippen LogP contribution >= 0.6 is 11.6 Å². The number of hydrogen-bond acceptors (Lipinski definition) is 2. The Labute approximate surface area is 111 Å².